The molecule has 0 spiro atoms. The third-order valence-electron chi connectivity index (χ3n) is 3.12. The van der Waals surface area contributed by atoms with Crippen molar-refractivity contribution in [1.82, 2.24) is 0 Å². The van der Waals surface area contributed by atoms with Crippen molar-refractivity contribution < 1.29 is 13.7 Å². The van der Waals surface area contributed by atoms with E-state index >= 15 is 0 Å². The van der Waals surface area contributed by atoms with Gasteiger partial charge in [-0.2, -0.15) is 0 Å². The molecule has 0 saturated carbocycles. The highest BCUT2D eigenvalue weighted by atomic mass is 32.2. The van der Waals surface area contributed by atoms with E-state index in [-0.39, 0.29) is 12.2 Å². The predicted molar refractivity (Wildman–Crippen MR) is 78.6 cm³/mol. The minimum atomic E-state index is -2.61. The number of carbonyl (C=O) groups excluding carboxylic acids is 1. The van der Waals surface area contributed by atoms with E-state index in [0.717, 1.165) is 12.8 Å². The number of ether oxygens (including phenoxy) is 1. The molecule has 0 saturated heterocycles. The largest absolute Gasteiger partial charge is 0.459 e. The molecule has 5 nitrogen and oxygen atoms in total. The lowest BCUT2D eigenvalue weighted by Crippen LogP contribution is -2.39. The maximum absolute atomic E-state index is 11.9. The van der Waals surface area contributed by atoms with Crippen molar-refractivity contribution in [3.8, 4) is 0 Å². The van der Waals surface area contributed by atoms with Crippen LogP contribution in [0.5, 0.6) is 0 Å². The van der Waals surface area contributed by atoms with E-state index in [0.29, 0.717) is 12.2 Å². The number of carbonyl (C=O) groups is 1. The smallest absolute Gasteiger partial charge is 0.323 e. The predicted octanol–water partition coefficient (Wildman–Crippen LogP) is 2.28. The molecular weight excluding hydrogens is 264 g/mol. The molecule has 3 N–H and O–H groups in total. The Hall–Kier alpha value is -0.620. The number of hydrogen-bond donors (Lipinski definition) is 2. The maximum atomic E-state index is 11.9. The van der Waals surface area contributed by atoms with E-state index < -0.39 is 27.3 Å². The fraction of sp³-hybridized carbons (Fsp3) is 0.923. The first-order chi connectivity index (χ1) is 8.63. The molecule has 114 valence electrons. The second-order valence-corrected chi connectivity index (χ2v) is 7.94. The lowest BCUT2D eigenvalue weighted by Gasteiger charge is -2.25. The summed E-state index contributed by atoms with van der Waals surface area (Å²) in [5, 5.41) is 0. The van der Waals surface area contributed by atoms with Crippen molar-refractivity contribution in [3.05, 3.63) is 0 Å². The van der Waals surface area contributed by atoms with Crippen LogP contribution < -0.4 is 5.73 Å². The summed E-state index contributed by atoms with van der Waals surface area (Å²) in [6.07, 6.45) is 2.63. The molecule has 6 heteroatoms. The Morgan fingerprint density at radius 1 is 1.37 bits per heavy atom. The normalized spacial score (nSPS) is 16.7. The molecule has 0 aromatic carbocycles. The summed E-state index contributed by atoms with van der Waals surface area (Å²) in [7, 11) is -2.61. The molecule has 19 heavy (non-hydrogen) atoms. The number of nitrogens with two attached hydrogens (primary N) is 1. The van der Waals surface area contributed by atoms with Crippen LogP contribution in [0.25, 0.3) is 0 Å². The molecule has 0 amide bonds. The number of rotatable bonds is 9. The molecule has 0 heterocycles. The average molecular weight is 292 g/mol. The number of esters is 1. The lowest BCUT2D eigenvalue weighted by molar-refractivity contribution is -0.158. The van der Waals surface area contributed by atoms with Gasteiger partial charge in [-0.3, -0.25) is 9.57 Å². The minimum Gasteiger partial charge on any atom is -0.459 e. The molecule has 0 bridgehead atoms. The second-order valence-electron chi connectivity index (χ2n) is 5.50. The zero-order chi connectivity index (χ0) is 15.1. The Labute approximate surface area is 117 Å². The van der Waals surface area contributed by atoms with Crippen LogP contribution in [0.1, 0.15) is 53.4 Å². The van der Waals surface area contributed by atoms with Crippen molar-refractivity contribution in [2.24, 2.45) is 5.73 Å². The van der Waals surface area contributed by atoms with Gasteiger partial charge in [-0.15, -0.1) is 0 Å². The Bertz CT molecular complexity index is 377. The number of unbranched alkanes of at least 4 members (excludes halogenated alkanes) is 1. The molecule has 0 aromatic heterocycles. The van der Waals surface area contributed by atoms with E-state index in [4.69, 9.17) is 15.3 Å². The summed E-state index contributed by atoms with van der Waals surface area (Å²) in [5.74, 6) is 0.0687. The highest BCUT2D eigenvalue weighted by molar-refractivity contribution is 7.92. The van der Waals surface area contributed by atoms with Gasteiger partial charge in [0.15, 0.2) is 0 Å². The van der Waals surface area contributed by atoms with Crippen LogP contribution >= 0.6 is 0 Å². The molecule has 2 atom stereocenters. The first-order valence-corrected chi connectivity index (χ1v) is 8.75. The number of nitrogens with one attached hydrogen (secondary N) is 1. The Morgan fingerprint density at radius 3 is 2.42 bits per heavy atom. The molecule has 0 radical (unpaired) electrons. The minimum absolute atomic E-state index is 0.163. The van der Waals surface area contributed by atoms with E-state index in [1.165, 1.54) is 0 Å². The molecule has 0 rings (SSSR count). The lowest BCUT2D eigenvalue weighted by atomic mass is 10.1. The first kappa shape index (κ1) is 18.4. The summed E-state index contributed by atoms with van der Waals surface area (Å²) >= 11 is 0. The van der Waals surface area contributed by atoms with Crippen LogP contribution in [0.4, 0.5) is 0 Å². The van der Waals surface area contributed by atoms with Crippen molar-refractivity contribution in [2.75, 3.05) is 11.5 Å². The molecule has 0 aromatic rings. The van der Waals surface area contributed by atoms with Gasteiger partial charge in [-0.25, -0.2) is 4.21 Å². The van der Waals surface area contributed by atoms with Crippen molar-refractivity contribution in [2.45, 2.75) is 65.0 Å². The molecular formula is C13H28N2O3S. The van der Waals surface area contributed by atoms with Gasteiger partial charge in [0.25, 0.3) is 0 Å². The highest BCUT2D eigenvalue weighted by Gasteiger charge is 2.25. The van der Waals surface area contributed by atoms with Crippen LogP contribution in [-0.2, 0) is 19.3 Å². The Kier molecular flexibility index (Phi) is 7.59. The molecule has 0 fully saturated rings. The highest BCUT2D eigenvalue weighted by Crippen LogP contribution is 2.15. The Balaban J connectivity index is 4.24. The van der Waals surface area contributed by atoms with Crippen LogP contribution in [0.15, 0.2) is 0 Å². The zero-order valence-electron chi connectivity index (χ0n) is 12.5. The molecule has 0 aliphatic carbocycles. The average Bonchev–Trinajstić information content (AvgIpc) is 2.33. The van der Waals surface area contributed by atoms with E-state index in [9.17, 15) is 9.00 Å². The van der Waals surface area contributed by atoms with Gasteiger partial charge >= 0.3 is 5.97 Å². The van der Waals surface area contributed by atoms with Crippen LogP contribution in [0.3, 0.4) is 0 Å². The van der Waals surface area contributed by atoms with Crippen LogP contribution in [0, 0.1) is 4.78 Å². The van der Waals surface area contributed by atoms with E-state index in [2.05, 4.69) is 0 Å². The quantitative estimate of drug-likeness (QED) is 0.638. The van der Waals surface area contributed by atoms with Crippen LogP contribution in [-0.4, -0.2) is 33.3 Å². The second kappa shape index (κ2) is 7.85. The third kappa shape index (κ3) is 8.21. The molecule has 0 aliphatic rings. The number of hydrogen-bond acceptors (Lipinski definition) is 5. The Morgan fingerprint density at radius 2 is 1.95 bits per heavy atom. The summed E-state index contributed by atoms with van der Waals surface area (Å²) in [6, 6.07) is -0.793. The van der Waals surface area contributed by atoms with Gasteiger partial charge in [-0.05, 0) is 33.1 Å². The monoisotopic (exact) mass is 292 g/mol. The summed E-state index contributed by atoms with van der Waals surface area (Å²) < 4.78 is 24.8. The van der Waals surface area contributed by atoms with Gasteiger partial charge < -0.3 is 10.5 Å². The molecule has 1 unspecified atom stereocenters. The zero-order valence-corrected chi connectivity index (χ0v) is 13.3. The summed E-state index contributed by atoms with van der Waals surface area (Å²) in [6.45, 7) is 7.57. The fourth-order valence-electron chi connectivity index (χ4n) is 1.33. The molecule has 0 aliphatic heterocycles. The summed E-state index contributed by atoms with van der Waals surface area (Å²) in [5.41, 5.74) is 5.20. The van der Waals surface area contributed by atoms with Crippen molar-refractivity contribution >= 4 is 15.7 Å². The van der Waals surface area contributed by atoms with Gasteiger partial charge in [0.05, 0.1) is 0 Å². The van der Waals surface area contributed by atoms with Gasteiger partial charge in [0.1, 0.15) is 11.6 Å². The van der Waals surface area contributed by atoms with Gasteiger partial charge in [-0.1, -0.05) is 20.3 Å². The van der Waals surface area contributed by atoms with E-state index in [1.54, 1.807) is 0 Å². The van der Waals surface area contributed by atoms with Crippen LogP contribution in [0.2, 0.25) is 0 Å². The van der Waals surface area contributed by atoms with Crippen molar-refractivity contribution in [1.29, 1.82) is 4.78 Å². The standard InChI is InChI=1S/C13H28N2O3S/c1-5-7-9-19(15,17)10-8-11(14)12(16)18-13(3,4)6-2/h11,15H,5-10,14H2,1-4H3/t11-,19?/m0/s1. The third-order valence-corrected chi connectivity index (χ3v) is 4.96. The fourth-order valence-corrected chi connectivity index (χ4v) is 2.93. The van der Waals surface area contributed by atoms with Crippen molar-refractivity contribution in [3.63, 3.8) is 0 Å². The first-order valence-electron chi connectivity index (χ1n) is 6.86. The van der Waals surface area contributed by atoms with Gasteiger partial charge in [0, 0.05) is 21.2 Å². The van der Waals surface area contributed by atoms with E-state index in [1.807, 2.05) is 27.7 Å². The van der Waals surface area contributed by atoms with Gasteiger partial charge in [0.2, 0.25) is 0 Å². The topological polar surface area (TPSA) is 93.2 Å². The maximum Gasteiger partial charge on any atom is 0.323 e. The summed E-state index contributed by atoms with van der Waals surface area (Å²) in [4.78, 5) is 11.7. The SMILES string of the molecule is CCCCS(=N)(=O)CC[C@H](N)C(=O)OC(C)(C)CC.